The molecule has 1 aromatic rings. The molecule has 0 atom stereocenters. The molecule has 0 heterocycles. The Morgan fingerprint density at radius 2 is 2.08 bits per heavy atom. The van der Waals surface area contributed by atoms with Crippen LogP contribution in [0.3, 0.4) is 0 Å². The first-order chi connectivity index (χ1) is 6.25. The predicted molar refractivity (Wildman–Crippen MR) is 54.5 cm³/mol. The molecule has 1 heteroatoms. The van der Waals surface area contributed by atoms with Crippen molar-refractivity contribution in [3.63, 3.8) is 0 Å². The van der Waals surface area contributed by atoms with E-state index in [0.717, 1.165) is 5.56 Å². The molecule has 0 saturated carbocycles. The molecular formula is C12H14O. The molecule has 1 aromatic carbocycles. The van der Waals surface area contributed by atoms with E-state index in [9.17, 15) is 0 Å². The van der Waals surface area contributed by atoms with E-state index in [4.69, 9.17) is 5.11 Å². The topological polar surface area (TPSA) is 20.2 Å². The average molecular weight is 174 g/mol. The highest BCUT2D eigenvalue weighted by molar-refractivity contribution is 5.44. The zero-order chi connectivity index (χ0) is 9.68. The summed E-state index contributed by atoms with van der Waals surface area (Å²) in [5.41, 5.74) is 3.55. The zero-order valence-electron chi connectivity index (χ0n) is 8.09. The van der Waals surface area contributed by atoms with Gasteiger partial charge in [0.1, 0.15) is 0 Å². The van der Waals surface area contributed by atoms with E-state index in [0.29, 0.717) is 6.42 Å². The standard InChI is InChI=1S/C12H14O/c1-10-6-5-8-12(11(10)2)7-3-4-9-13/h5-6,8,13H,4,9H2,1-2H3. The quantitative estimate of drug-likeness (QED) is 0.646. The lowest BCUT2D eigenvalue weighted by Gasteiger charge is -2.00. The summed E-state index contributed by atoms with van der Waals surface area (Å²) >= 11 is 0. The van der Waals surface area contributed by atoms with Gasteiger partial charge in [-0.3, -0.25) is 0 Å². The Hall–Kier alpha value is -1.26. The lowest BCUT2D eigenvalue weighted by Crippen LogP contribution is -1.86. The molecule has 0 aliphatic rings. The number of hydrogen-bond acceptors (Lipinski definition) is 1. The molecule has 0 spiro atoms. The highest BCUT2D eigenvalue weighted by atomic mass is 16.2. The van der Waals surface area contributed by atoms with E-state index in [2.05, 4.69) is 31.8 Å². The van der Waals surface area contributed by atoms with Crippen LogP contribution < -0.4 is 0 Å². The van der Waals surface area contributed by atoms with Crippen molar-refractivity contribution in [1.82, 2.24) is 0 Å². The van der Waals surface area contributed by atoms with E-state index in [1.54, 1.807) is 0 Å². The van der Waals surface area contributed by atoms with Crippen molar-refractivity contribution in [2.75, 3.05) is 6.61 Å². The summed E-state index contributed by atoms with van der Waals surface area (Å²) < 4.78 is 0. The van der Waals surface area contributed by atoms with Crippen molar-refractivity contribution >= 4 is 0 Å². The monoisotopic (exact) mass is 174 g/mol. The highest BCUT2D eigenvalue weighted by Gasteiger charge is 1.95. The van der Waals surface area contributed by atoms with Crippen molar-refractivity contribution in [2.45, 2.75) is 20.3 Å². The average Bonchev–Trinajstić information content (AvgIpc) is 2.13. The van der Waals surface area contributed by atoms with Gasteiger partial charge in [-0.1, -0.05) is 24.0 Å². The van der Waals surface area contributed by atoms with Gasteiger partial charge < -0.3 is 5.11 Å². The van der Waals surface area contributed by atoms with E-state index in [1.165, 1.54) is 11.1 Å². The number of rotatable bonds is 1. The van der Waals surface area contributed by atoms with Gasteiger partial charge >= 0.3 is 0 Å². The van der Waals surface area contributed by atoms with E-state index >= 15 is 0 Å². The minimum atomic E-state index is 0.137. The maximum Gasteiger partial charge on any atom is 0.0540 e. The van der Waals surface area contributed by atoms with Crippen LogP contribution in [-0.4, -0.2) is 11.7 Å². The fourth-order valence-corrected chi connectivity index (χ4v) is 1.10. The van der Waals surface area contributed by atoms with Crippen LogP contribution in [0.2, 0.25) is 0 Å². The summed E-state index contributed by atoms with van der Waals surface area (Å²) in [5, 5.41) is 8.57. The number of aryl methyl sites for hydroxylation is 1. The van der Waals surface area contributed by atoms with Gasteiger partial charge in [0.25, 0.3) is 0 Å². The van der Waals surface area contributed by atoms with Gasteiger partial charge in [0.2, 0.25) is 0 Å². The van der Waals surface area contributed by atoms with Gasteiger partial charge in [0.15, 0.2) is 0 Å². The number of aliphatic hydroxyl groups excluding tert-OH is 1. The van der Waals surface area contributed by atoms with Crippen molar-refractivity contribution < 1.29 is 5.11 Å². The first kappa shape index (κ1) is 9.83. The van der Waals surface area contributed by atoms with Crippen LogP contribution in [0.1, 0.15) is 23.1 Å². The predicted octanol–water partition coefficient (Wildman–Crippen LogP) is 2.04. The van der Waals surface area contributed by atoms with Crippen LogP contribution >= 0.6 is 0 Å². The van der Waals surface area contributed by atoms with Crippen LogP contribution in [0.25, 0.3) is 0 Å². The van der Waals surface area contributed by atoms with Crippen LogP contribution in [0.4, 0.5) is 0 Å². The molecule has 1 nitrogen and oxygen atoms in total. The second-order valence-corrected chi connectivity index (χ2v) is 3.02. The zero-order valence-corrected chi connectivity index (χ0v) is 8.09. The van der Waals surface area contributed by atoms with Gasteiger partial charge in [-0.05, 0) is 31.0 Å². The van der Waals surface area contributed by atoms with Gasteiger partial charge in [-0.15, -0.1) is 0 Å². The Balaban J connectivity index is 2.91. The van der Waals surface area contributed by atoms with Gasteiger partial charge in [0, 0.05) is 12.0 Å². The lowest BCUT2D eigenvalue weighted by molar-refractivity contribution is 0.305. The minimum absolute atomic E-state index is 0.137. The van der Waals surface area contributed by atoms with Crippen LogP contribution in [-0.2, 0) is 0 Å². The Kier molecular flexibility index (Phi) is 3.54. The summed E-state index contributed by atoms with van der Waals surface area (Å²) in [6, 6.07) is 6.09. The van der Waals surface area contributed by atoms with Crippen molar-refractivity contribution in [2.24, 2.45) is 0 Å². The van der Waals surface area contributed by atoms with Crippen molar-refractivity contribution in [1.29, 1.82) is 0 Å². The van der Waals surface area contributed by atoms with E-state index in [-0.39, 0.29) is 6.61 Å². The summed E-state index contributed by atoms with van der Waals surface area (Å²) in [7, 11) is 0. The lowest BCUT2D eigenvalue weighted by atomic mass is 10.0. The van der Waals surface area contributed by atoms with Gasteiger partial charge in [-0.25, -0.2) is 0 Å². The molecule has 0 fully saturated rings. The molecule has 0 unspecified atom stereocenters. The van der Waals surface area contributed by atoms with Gasteiger partial charge in [-0.2, -0.15) is 0 Å². The number of aliphatic hydroxyl groups is 1. The molecule has 0 amide bonds. The molecule has 0 saturated heterocycles. The van der Waals surface area contributed by atoms with E-state index < -0.39 is 0 Å². The molecule has 0 aromatic heterocycles. The molecule has 1 rings (SSSR count). The van der Waals surface area contributed by atoms with Crippen LogP contribution in [0.5, 0.6) is 0 Å². The minimum Gasteiger partial charge on any atom is -0.395 e. The summed E-state index contributed by atoms with van der Waals surface area (Å²) in [6.07, 6.45) is 0.549. The largest absolute Gasteiger partial charge is 0.395 e. The molecule has 68 valence electrons. The third kappa shape index (κ3) is 2.61. The third-order valence-electron chi connectivity index (χ3n) is 2.06. The normalized spacial score (nSPS) is 9.15. The Bertz CT molecular complexity index is 342. The molecular weight excluding hydrogens is 160 g/mol. The van der Waals surface area contributed by atoms with Crippen LogP contribution in [0, 0.1) is 25.7 Å². The SMILES string of the molecule is Cc1cccc(C#CCCO)c1C. The Labute approximate surface area is 79.4 Å². The summed E-state index contributed by atoms with van der Waals surface area (Å²) in [4.78, 5) is 0. The Morgan fingerprint density at radius 1 is 1.31 bits per heavy atom. The smallest absolute Gasteiger partial charge is 0.0540 e. The first-order valence-electron chi connectivity index (χ1n) is 4.41. The van der Waals surface area contributed by atoms with Crippen molar-refractivity contribution in [3.05, 3.63) is 34.9 Å². The molecule has 1 N–H and O–H groups in total. The third-order valence-corrected chi connectivity index (χ3v) is 2.06. The number of hydrogen-bond donors (Lipinski definition) is 1. The van der Waals surface area contributed by atoms with Crippen LogP contribution in [0.15, 0.2) is 18.2 Å². The van der Waals surface area contributed by atoms with Gasteiger partial charge in [0.05, 0.1) is 6.61 Å². The molecule has 0 bridgehead atoms. The Morgan fingerprint density at radius 3 is 2.77 bits per heavy atom. The fraction of sp³-hybridized carbons (Fsp3) is 0.333. The second kappa shape index (κ2) is 4.69. The maximum atomic E-state index is 8.57. The second-order valence-electron chi connectivity index (χ2n) is 3.02. The first-order valence-corrected chi connectivity index (χ1v) is 4.41. The molecule has 0 aliphatic carbocycles. The maximum absolute atomic E-state index is 8.57. The molecule has 0 radical (unpaired) electrons. The summed E-state index contributed by atoms with van der Waals surface area (Å²) in [5.74, 6) is 5.96. The summed E-state index contributed by atoms with van der Waals surface area (Å²) in [6.45, 7) is 4.28. The molecule has 0 aliphatic heterocycles. The molecule has 13 heavy (non-hydrogen) atoms. The van der Waals surface area contributed by atoms with E-state index in [1.807, 2.05) is 12.1 Å². The highest BCUT2D eigenvalue weighted by Crippen LogP contribution is 2.10. The van der Waals surface area contributed by atoms with Crippen molar-refractivity contribution in [3.8, 4) is 11.8 Å². The fourth-order valence-electron chi connectivity index (χ4n) is 1.10. The number of benzene rings is 1.